The van der Waals surface area contributed by atoms with E-state index in [1.165, 1.54) is 25.7 Å². The lowest BCUT2D eigenvalue weighted by Crippen LogP contribution is -2.22. The van der Waals surface area contributed by atoms with Gasteiger partial charge in [-0.1, -0.05) is 38.0 Å². The Labute approximate surface area is 115 Å². The second kappa shape index (κ2) is 6.60. The van der Waals surface area contributed by atoms with E-state index in [0.717, 1.165) is 29.6 Å². The van der Waals surface area contributed by atoms with Gasteiger partial charge in [0.15, 0.2) is 0 Å². The highest BCUT2D eigenvalue weighted by atomic mass is 16.1. The van der Waals surface area contributed by atoms with Crippen LogP contribution in [0, 0.1) is 11.8 Å². The molecule has 3 N–H and O–H groups in total. The number of benzene rings is 1. The topological polar surface area (TPSA) is 55.1 Å². The van der Waals surface area contributed by atoms with Crippen LogP contribution in [-0.2, 0) is 11.2 Å². The van der Waals surface area contributed by atoms with Crippen LogP contribution in [-0.4, -0.2) is 12.5 Å². The van der Waals surface area contributed by atoms with Gasteiger partial charge in [-0.3, -0.25) is 4.79 Å². The number of carbonyl (C=O) groups is 1. The maximum Gasteiger partial charge on any atom is 0.221 e. The molecular formula is C16H24N2O. The van der Waals surface area contributed by atoms with Gasteiger partial charge in [-0.25, -0.2) is 0 Å². The molecule has 2 unspecified atom stereocenters. The number of para-hydroxylation sites is 1. The lowest BCUT2D eigenvalue weighted by molar-refractivity contribution is -0.117. The monoisotopic (exact) mass is 260 g/mol. The van der Waals surface area contributed by atoms with Gasteiger partial charge < -0.3 is 11.1 Å². The zero-order valence-corrected chi connectivity index (χ0v) is 11.7. The van der Waals surface area contributed by atoms with Crippen LogP contribution in [0.15, 0.2) is 24.3 Å². The molecule has 1 aromatic rings. The molecule has 1 aliphatic carbocycles. The van der Waals surface area contributed by atoms with Gasteiger partial charge in [-0.15, -0.1) is 0 Å². The first-order valence-corrected chi connectivity index (χ1v) is 7.25. The Kier molecular flexibility index (Phi) is 4.83. The minimum Gasteiger partial charge on any atom is -0.385 e. The van der Waals surface area contributed by atoms with Gasteiger partial charge in [0.25, 0.3) is 0 Å². The lowest BCUT2D eigenvalue weighted by atomic mass is 9.82. The van der Waals surface area contributed by atoms with Crippen molar-refractivity contribution in [3.05, 3.63) is 29.8 Å². The number of anilines is 1. The summed E-state index contributed by atoms with van der Waals surface area (Å²) in [6, 6.07) is 7.95. The summed E-state index contributed by atoms with van der Waals surface area (Å²) in [5.74, 6) is 1.33. The van der Waals surface area contributed by atoms with E-state index in [1.54, 1.807) is 0 Å². The van der Waals surface area contributed by atoms with E-state index in [4.69, 9.17) is 5.73 Å². The highest BCUT2D eigenvalue weighted by molar-refractivity contribution is 5.78. The maximum absolute atomic E-state index is 11.1. The smallest absolute Gasteiger partial charge is 0.221 e. The van der Waals surface area contributed by atoms with Crippen LogP contribution in [0.3, 0.4) is 0 Å². The van der Waals surface area contributed by atoms with E-state index in [1.807, 2.05) is 24.3 Å². The van der Waals surface area contributed by atoms with Gasteiger partial charge in [0.1, 0.15) is 0 Å². The SMILES string of the molecule is CC1CCCC(CNc2ccccc2CC(N)=O)C1. The van der Waals surface area contributed by atoms with Crippen LogP contribution in [0.5, 0.6) is 0 Å². The number of carbonyl (C=O) groups excluding carboxylic acids is 1. The third kappa shape index (κ3) is 4.27. The highest BCUT2D eigenvalue weighted by Crippen LogP contribution is 2.29. The predicted octanol–water partition coefficient (Wildman–Crippen LogP) is 2.95. The molecule has 2 atom stereocenters. The number of hydrogen-bond acceptors (Lipinski definition) is 2. The summed E-state index contributed by atoms with van der Waals surface area (Å²) in [6.07, 6.45) is 5.65. The molecule has 0 bridgehead atoms. The highest BCUT2D eigenvalue weighted by Gasteiger charge is 2.18. The predicted molar refractivity (Wildman–Crippen MR) is 79.0 cm³/mol. The van der Waals surface area contributed by atoms with Crippen LogP contribution < -0.4 is 11.1 Å². The summed E-state index contributed by atoms with van der Waals surface area (Å²) in [6.45, 7) is 3.34. The van der Waals surface area contributed by atoms with Gasteiger partial charge in [0.05, 0.1) is 6.42 Å². The molecule has 0 radical (unpaired) electrons. The summed E-state index contributed by atoms with van der Waals surface area (Å²) in [5, 5.41) is 3.50. The van der Waals surface area contributed by atoms with Crippen molar-refractivity contribution < 1.29 is 4.79 Å². The summed E-state index contributed by atoms with van der Waals surface area (Å²) in [7, 11) is 0. The molecule has 1 amide bonds. The molecule has 1 aliphatic rings. The Bertz CT molecular complexity index is 431. The number of primary amides is 1. The number of rotatable bonds is 5. The van der Waals surface area contributed by atoms with E-state index in [2.05, 4.69) is 12.2 Å². The Morgan fingerprint density at radius 3 is 2.89 bits per heavy atom. The summed E-state index contributed by atoms with van der Waals surface area (Å²) in [4.78, 5) is 11.1. The number of nitrogens with two attached hydrogens (primary N) is 1. The van der Waals surface area contributed by atoms with Gasteiger partial charge in [-0.05, 0) is 36.3 Å². The van der Waals surface area contributed by atoms with Crippen molar-refractivity contribution in [3.8, 4) is 0 Å². The van der Waals surface area contributed by atoms with Crippen molar-refractivity contribution in [2.24, 2.45) is 17.6 Å². The minimum atomic E-state index is -0.277. The second-order valence-corrected chi connectivity index (χ2v) is 5.82. The third-order valence-corrected chi connectivity index (χ3v) is 4.01. The Hall–Kier alpha value is -1.51. The van der Waals surface area contributed by atoms with E-state index in [-0.39, 0.29) is 5.91 Å². The molecule has 1 aromatic carbocycles. The van der Waals surface area contributed by atoms with Gasteiger partial charge in [-0.2, -0.15) is 0 Å². The molecule has 0 aromatic heterocycles. The zero-order chi connectivity index (χ0) is 13.7. The number of hydrogen-bond donors (Lipinski definition) is 2. The molecule has 104 valence electrons. The third-order valence-electron chi connectivity index (χ3n) is 4.01. The molecule has 0 saturated heterocycles. The zero-order valence-electron chi connectivity index (χ0n) is 11.7. The van der Waals surface area contributed by atoms with Crippen LogP contribution in [0.1, 0.15) is 38.2 Å². The van der Waals surface area contributed by atoms with Gasteiger partial charge >= 0.3 is 0 Å². The van der Waals surface area contributed by atoms with Crippen molar-refractivity contribution in [1.82, 2.24) is 0 Å². The van der Waals surface area contributed by atoms with Crippen molar-refractivity contribution in [1.29, 1.82) is 0 Å². The largest absolute Gasteiger partial charge is 0.385 e. The molecule has 3 heteroatoms. The van der Waals surface area contributed by atoms with Crippen LogP contribution in [0.2, 0.25) is 0 Å². The van der Waals surface area contributed by atoms with Crippen LogP contribution >= 0.6 is 0 Å². The quantitative estimate of drug-likeness (QED) is 0.855. The molecule has 0 spiro atoms. The first-order chi connectivity index (χ1) is 9.15. The number of nitrogens with one attached hydrogen (secondary N) is 1. The van der Waals surface area contributed by atoms with Crippen molar-refractivity contribution in [2.45, 2.75) is 39.0 Å². The number of amides is 1. The maximum atomic E-state index is 11.1. The Morgan fingerprint density at radius 2 is 2.16 bits per heavy atom. The van der Waals surface area contributed by atoms with E-state index in [0.29, 0.717) is 6.42 Å². The molecule has 0 heterocycles. The molecule has 1 saturated carbocycles. The Balaban J connectivity index is 1.93. The fourth-order valence-corrected chi connectivity index (χ4v) is 3.03. The fraction of sp³-hybridized carbons (Fsp3) is 0.562. The van der Waals surface area contributed by atoms with Crippen LogP contribution in [0.25, 0.3) is 0 Å². The van der Waals surface area contributed by atoms with Crippen molar-refractivity contribution in [2.75, 3.05) is 11.9 Å². The van der Waals surface area contributed by atoms with E-state index >= 15 is 0 Å². The van der Waals surface area contributed by atoms with E-state index < -0.39 is 0 Å². The van der Waals surface area contributed by atoms with Gasteiger partial charge in [0.2, 0.25) is 5.91 Å². The molecule has 0 aliphatic heterocycles. The molecule has 2 rings (SSSR count). The fourth-order valence-electron chi connectivity index (χ4n) is 3.03. The molecule has 1 fully saturated rings. The van der Waals surface area contributed by atoms with E-state index in [9.17, 15) is 4.79 Å². The van der Waals surface area contributed by atoms with Crippen molar-refractivity contribution >= 4 is 11.6 Å². The first kappa shape index (κ1) is 13.9. The van der Waals surface area contributed by atoms with Crippen molar-refractivity contribution in [3.63, 3.8) is 0 Å². The average molecular weight is 260 g/mol. The lowest BCUT2D eigenvalue weighted by Gasteiger charge is -2.27. The Morgan fingerprint density at radius 1 is 1.37 bits per heavy atom. The average Bonchev–Trinajstić information content (AvgIpc) is 2.37. The molecular weight excluding hydrogens is 236 g/mol. The normalized spacial score (nSPS) is 23.0. The summed E-state index contributed by atoms with van der Waals surface area (Å²) < 4.78 is 0. The molecule has 19 heavy (non-hydrogen) atoms. The molecule has 3 nitrogen and oxygen atoms in total. The first-order valence-electron chi connectivity index (χ1n) is 7.25. The minimum absolute atomic E-state index is 0.277. The second-order valence-electron chi connectivity index (χ2n) is 5.82. The summed E-state index contributed by atoms with van der Waals surface area (Å²) in [5.41, 5.74) is 7.34. The van der Waals surface area contributed by atoms with Gasteiger partial charge in [0, 0.05) is 12.2 Å². The van der Waals surface area contributed by atoms with Crippen LogP contribution in [0.4, 0.5) is 5.69 Å². The summed E-state index contributed by atoms with van der Waals surface area (Å²) >= 11 is 0. The standard InChI is InChI=1S/C16H24N2O/c1-12-5-4-6-13(9-12)11-18-15-8-3-2-7-14(15)10-16(17)19/h2-3,7-8,12-13,18H,4-6,9-11H2,1H3,(H2,17,19).